The fourth-order valence-corrected chi connectivity index (χ4v) is 2.71. The molecule has 2 aromatic rings. The van der Waals surface area contributed by atoms with Crippen molar-refractivity contribution in [2.24, 2.45) is 5.84 Å². The number of thiophene rings is 1. The number of hydrogen-bond acceptors (Lipinski definition) is 8. The van der Waals surface area contributed by atoms with E-state index in [9.17, 15) is 0 Å². The molecule has 0 spiro atoms. The lowest BCUT2D eigenvalue weighted by atomic mass is 10.5. The molecule has 19 heavy (non-hydrogen) atoms. The highest BCUT2D eigenvalue weighted by Crippen LogP contribution is 2.20. The summed E-state index contributed by atoms with van der Waals surface area (Å²) >= 11 is 5.08. The minimum absolute atomic E-state index is 0.327. The van der Waals surface area contributed by atoms with Crippen LogP contribution in [0.15, 0.2) is 15.9 Å². The smallest absolute Gasteiger partial charge is 0.243 e. The SMILES string of the molecule is CN(C)c1nc(NN)nc(NCc2cc(Br)cs2)n1. The van der Waals surface area contributed by atoms with Crippen molar-refractivity contribution in [3.63, 3.8) is 0 Å². The van der Waals surface area contributed by atoms with Gasteiger partial charge in [0.25, 0.3) is 0 Å². The van der Waals surface area contributed by atoms with Crippen molar-refractivity contribution in [3.05, 3.63) is 20.8 Å². The number of nitrogens with one attached hydrogen (secondary N) is 2. The fourth-order valence-electron chi connectivity index (χ4n) is 1.32. The highest BCUT2D eigenvalue weighted by molar-refractivity contribution is 9.10. The Bertz CT molecular complexity index is 557. The Morgan fingerprint density at radius 3 is 2.63 bits per heavy atom. The first-order chi connectivity index (χ1) is 9.08. The number of hydrogen-bond donors (Lipinski definition) is 3. The molecule has 0 radical (unpaired) electrons. The van der Waals surface area contributed by atoms with Crippen molar-refractivity contribution in [1.29, 1.82) is 0 Å². The lowest BCUT2D eigenvalue weighted by molar-refractivity contribution is 0.941. The zero-order chi connectivity index (χ0) is 13.8. The van der Waals surface area contributed by atoms with Gasteiger partial charge < -0.3 is 10.2 Å². The molecule has 2 rings (SSSR count). The van der Waals surface area contributed by atoms with Crippen LogP contribution in [0.1, 0.15) is 4.88 Å². The van der Waals surface area contributed by atoms with Crippen molar-refractivity contribution in [1.82, 2.24) is 15.0 Å². The molecular formula is C10H14BrN7S. The molecule has 0 aromatic carbocycles. The van der Waals surface area contributed by atoms with E-state index < -0.39 is 0 Å². The third kappa shape index (κ3) is 3.75. The molecule has 2 aromatic heterocycles. The number of rotatable bonds is 5. The van der Waals surface area contributed by atoms with Gasteiger partial charge in [-0.15, -0.1) is 11.3 Å². The summed E-state index contributed by atoms with van der Waals surface area (Å²) in [6, 6.07) is 2.05. The summed E-state index contributed by atoms with van der Waals surface area (Å²) in [4.78, 5) is 15.5. The van der Waals surface area contributed by atoms with E-state index in [1.165, 1.54) is 4.88 Å². The highest BCUT2D eigenvalue weighted by atomic mass is 79.9. The van der Waals surface area contributed by atoms with Crippen LogP contribution in [0.5, 0.6) is 0 Å². The van der Waals surface area contributed by atoms with Crippen molar-refractivity contribution >= 4 is 45.1 Å². The van der Waals surface area contributed by atoms with Crippen LogP contribution in [0.2, 0.25) is 0 Å². The van der Waals surface area contributed by atoms with Gasteiger partial charge in [-0.1, -0.05) is 0 Å². The first-order valence-corrected chi connectivity index (χ1v) is 7.12. The van der Waals surface area contributed by atoms with Crippen molar-refractivity contribution in [3.8, 4) is 0 Å². The van der Waals surface area contributed by atoms with E-state index >= 15 is 0 Å². The maximum absolute atomic E-state index is 5.35. The number of anilines is 3. The van der Waals surface area contributed by atoms with Crippen LogP contribution in [-0.4, -0.2) is 29.0 Å². The van der Waals surface area contributed by atoms with Gasteiger partial charge in [0.15, 0.2) is 0 Å². The minimum Gasteiger partial charge on any atom is -0.349 e. The Kier molecular flexibility index (Phi) is 4.51. The summed E-state index contributed by atoms with van der Waals surface area (Å²) in [6.07, 6.45) is 0. The van der Waals surface area contributed by atoms with Gasteiger partial charge in [0.05, 0.1) is 6.54 Å². The molecule has 0 saturated heterocycles. The zero-order valence-electron chi connectivity index (χ0n) is 10.5. The molecule has 102 valence electrons. The van der Waals surface area contributed by atoms with Crippen LogP contribution in [0.4, 0.5) is 17.8 Å². The van der Waals surface area contributed by atoms with Crippen LogP contribution in [0.3, 0.4) is 0 Å². The van der Waals surface area contributed by atoms with E-state index in [-0.39, 0.29) is 0 Å². The Labute approximate surface area is 123 Å². The third-order valence-electron chi connectivity index (χ3n) is 2.20. The van der Waals surface area contributed by atoms with Crippen molar-refractivity contribution in [2.75, 3.05) is 29.7 Å². The summed E-state index contributed by atoms with van der Waals surface area (Å²) in [5.74, 6) is 6.69. The van der Waals surface area contributed by atoms with Crippen LogP contribution in [0, 0.1) is 0 Å². The third-order valence-corrected chi connectivity index (χ3v) is 3.89. The van der Waals surface area contributed by atoms with E-state index in [1.54, 1.807) is 16.2 Å². The summed E-state index contributed by atoms with van der Waals surface area (Å²) in [5.41, 5.74) is 2.43. The molecule has 0 saturated carbocycles. The van der Waals surface area contributed by atoms with E-state index in [0.717, 1.165) is 4.47 Å². The quantitative estimate of drug-likeness (QED) is 0.561. The lowest BCUT2D eigenvalue weighted by Gasteiger charge is -2.12. The second-order valence-corrected chi connectivity index (χ2v) is 5.82. The average Bonchev–Trinajstić information content (AvgIpc) is 2.81. The van der Waals surface area contributed by atoms with Gasteiger partial charge in [-0.05, 0) is 22.0 Å². The summed E-state index contributed by atoms with van der Waals surface area (Å²) in [6.45, 7) is 0.650. The summed E-state index contributed by atoms with van der Waals surface area (Å²) < 4.78 is 1.07. The van der Waals surface area contributed by atoms with E-state index in [0.29, 0.717) is 24.4 Å². The number of hydrazine groups is 1. The lowest BCUT2D eigenvalue weighted by Crippen LogP contribution is -2.18. The maximum atomic E-state index is 5.35. The monoisotopic (exact) mass is 343 g/mol. The average molecular weight is 344 g/mol. The molecular weight excluding hydrogens is 330 g/mol. The first kappa shape index (κ1) is 14.0. The summed E-state index contributed by atoms with van der Waals surface area (Å²) in [5, 5.41) is 5.18. The molecule has 0 fully saturated rings. The normalized spacial score (nSPS) is 10.3. The Hall–Kier alpha value is -1.45. The van der Waals surface area contributed by atoms with Gasteiger partial charge in [-0.25, -0.2) is 5.84 Å². The number of nitrogen functional groups attached to an aromatic ring is 1. The largest absolute Gasteiger partial charge is 0.349 e. The molecule has 4 N–H and O–H groups in total. The van der Waals surface area contributed by atoms with Crippen molar-refractivity contribution in [2.45, 2.75) is 6.54 Å². The topological polar surface area (TPSA) is 92.0 Å². The van der Waals surface area contributed by atoms with Crippen LogP contribution in [0.25, 0.3) is 0 Å². The van der Waals surface area contributed by atoms with Gasteiger partial charge in [-0.2, -0.15) is 15.0 Å². The number of nitrogens with zero attached hydrogens (tertiary/aromatic N) is 4. The molecule has 0 atom stereocenters. The van der Waals surface area contributed by atoms with Crippen LogP contribution in [-0.2, 0) is 6.54 Å². The van der Waals surface area contributed by atoms with Crippen LogP contribution >= 0.6 is 27.3 Å². The number of halogens is 1. The van der Waals surface area contributed by atoms with Crippen molar-refractivity contribution < 1.29 is 0 Å². The molecule has 0 amide bonds. The predicted molar refractivity (Wildman–Crippen MR) is 81.3 cm³/mol. The van der Waals surface area contributed by atoms with E-state index in [4.69, 9.17) is 5.84 Å². The molecule has 0 aliphatic carbocycles. The molecule has 0 aliphatic heterocycles. The van der Waals surface area contributed by atoms with Gasteiger partial charge in [0.2, 0.25) is 17.8 Å². The minimum atomic E-state index is 0.327. The molecule has 7 nitrogen and oxygen atoms in total. The van der Waals surface area contributed by atoms with E-state index in [2.05, 4.69) is 41.6 Å². The fraction of sp³-hybridized carbons (Fsp3) is 0.300. The molecule has 2 heterocycles. The number of nitrogens with two attached hydrogens (primary N) is 1. The first-order valence-electron chi connectivity index (χ1n) is 5.45. The summed E-state index contributed by atoms with van der Waals surface area (Å²) in [7, 11) is 3.71. The standard InChI is InChI=1S/C10H14BrN7S/c1-18(2)10-15-8(14-9(16-10)17-12)13-4-7-3-6(11)5-19-7/h3,5H,4,12H2,1-2H3,(H2,13,14,15,16,17). The van der Waals surface area contributed by atoms with Gasteiger partial charge in [0.1, 0.15) is 0 Å². The van der Waals surface area contributed by atoms with Gasteiger partial charge in [-0.3, -0.25) is 5.43 Å². The zero-order valence-corrected chi connectivity index (χ0v) is 12.9. The maximum Gasteiger partial charge on any atom is 0.243 e. The van der Waals surface area contributed by atoms with Gasteiger partial charge >= 0.3 is 0 Å². The Morgan fingerprint density at radius 2 is 2.05 bits per heavy atom. The molecule has 0 bridgehead atoms. The second kappa shape index (κ2) is 6.13. The highest BCUT2D eigenvalue weighted by Gasteiger charge is 2.07. The van der Waals surface area contributed by atoms with Gasteiger partial charge in [0, 0.05) is 28.8 Å². The Balaban J connectivity index is 2.12. The van der Waals surface area contributed by atoms with E-state index in [1.807, 2.05) is 25.5 Å². The second-order valence-electron chi connectivity index (χ2n) is 3.91. The Morgan fingerprint density at radius 1 is 1.32 bits per heavy atom. The molecule has 9 heteroatoms. The molecule has 0 unspecified atom stereocenters. The number of aromatic nitrogens is 3. The predicted octanol–water partition coefficient (Wildman–Crippen LogP) is 1.66. The van der Waals surface area contributed by atoms with Crippen LogP contribution < -0.4 is 21.5 Å². The molecule has 0 aliphatic rings.